The minimum atomic E-state index is -4.63. The maximum absolute atomic E-state index is 11.9. The molecule has 0 spiro atoms. The van der Waals surface area contributed by atoms with E-state index in [-0.39, 0.29) is 22.0 Å². The molecule has 156 valence electrons. The molecule has 3 aromatic rings. The normalized spacial score (nSPS) is 12.2. The highest BCUT2D eigenvalue weighted by Gasteiger charge is 2.21. The summed E-state index contributed by atoms with van der Waals surface area (Å²) in [7, 11) is -4.63. The molecule has 0 aromatic heterocycles. The molecule has 0 fully saturated rings. The van der Waals surface area contributed by atoms with Crippen LogP contribution in [0.3, 0.4) is 0 Å². The van der Waals surface area contributed by atoms with Gasteiger partial charge in [0.25, 0.3) is 15.8 Å². The second kappa shape index (κ2) is 8.59. The number of nitro benzene ring substituents is 1. The molecular weight excluding hydrogens is 434 g/mol. The minimum Gasteiger partial charge on any atom is -0.768 e. The Morgan fingerprint density at radius 2 is 1.63 bits per heavy atom. The van der Waals surface area contributed by atoms with Crippen LogP contribution in [0, 0.1) is 10.1 Å². The van der Waals surface area contributed by atoms with Gasteiger partial charge in [0, 0.05) is 16.6 Å². The van der Waals surface area contributed by atoms with E-state index in [0.29, 0.717) is 5.69 Å². The van der Waals surface area contributed by atoms with Gasteiger partial charge in [-0.05, 0) is 47.5 Å². The third kappa shape index (κ3) is 4.80. The molecule has 3 N–H and O–H groups in total. The average molecular weight is 448 g/mol. The molecule has 10 nitrogen and oxygen atoms in total. The molecule has 0 saturated heterocycles. The number of hydrogen-bond donors (Lipinski definition) is 3. The highest BCUT2D eigenvalue weighted by Crippen LogP contribution is 2.37. The molecule has 0 aliphatic heterocycles. The molecule has 3 rings (SSSR count). The quantitative estimate of drug-likeness (QED) is 0.212. The SMILES string of the molecule is O=[N+]([O-])c1cc(S(=O)[O-])ccc1Nc1cccc(S(=O)(=O)O)c1Nc1ccccc1. The molecule has 0 aliphatic rings. The van der Waals surface area contributed by atoms with Crippen molar-refractivity contribution in [2.75, 3.05) is 10.6 Å². The first-order valence-electron chi connectivity index (χ1n) is 8.24. The van der Waals surface area contributed by atoms with Gasteiger partial charge in [0.15, 0.2) is 0 Å². The molecule has 0 amide bonds. The fourth-order valence-electron chi connectivity index (χ4n) is 2.66. The minimum absolute atomic E-state index is 0.0445. The Hall–Kier alpha value is -3.32. The lowest BCUT2D eigenvalue weighted by Crippen LogP contribution is -2.07. The van der Waals surface area contributed by atoms with Gasteiger partial charge in [0.2, 0.25) is 0 Å². The summed E-state index contributed by atoms with van der Waals surface area (Å²) in [5, 5.41) is 17.0. The van der Waals surface area contributed by atoms with Crippen LogP contribution in [0.2, 0.25) is 0 Å². The van der Waals surface area contributed by atoms with E-state index in [4.69, 9.17) is 0 Å². The number of para-hydroxylation sites is 2. The van der Waals surface area contributed by atoms with E-state index < -0.39 is 36.7 Å². The van der Waals surface area contributed by atoms with Gasteiger partial charge < -0.3 is 15.2 Å². The summed E-state index contributed by atoms with van der Waals surface area (Å²) in [4.78, 5) is 9.91. The number of benzene rings is 3. The van der Waals surface area contributed by atoms with Crippen molar-refractivity contribution >= 4 is 49.6 Å². The van der Waals surface area contributed by atoms with Gasteiger partial charge in [0.05, 0.1) is 16.3 Å². The van der Waals surface area contributed by atoms with Gasteiger partial charge >= 0.3 is 0 Å². The summed E-state index contributed by atoms with van der Waals surface area (Å²) in [6.45, 7) is 0. The highest BCUT2D eigenvalue weighted by atomic mass is 32.2. The van der Waals surface area contributed by atoms with E-state index in [0.717, 1.165) is 12.1 Å². The van der Waals surface area contributed by atoms with Crippen LogP contribution in [-0.2, 0) is 21.2 Å². The predicted octanol–water partition coefficient (Wildman–Crippen LogP) is 3.57. The fourth-order valence-corrected chi connectivity index (χ4v) is 3.72. The van der Waals surface area contributed by atoms with E-state index >= 15 is 0 Å². The third-order valence-electron chi connectivity index (χ3n) is 3.97. The van der Waals surface area contributed by atoms with Crippen LogP contribution in [-0.4, -0.2) is 26.7 Å². The van der Waals surface area contributed by atoms with Crippen LogP contribution in [0.15, 0.2) is 76.5 Å². The molecule has 1 unspecified atom stereocenters. The summed E-state index contributed by atoms with van der Waals surface area (Å²) in [6, 6.07) is 15.7. The van der Waals surface area contributed by atoms with Crippen LogP contribution in [0.4, 0.5) is 28.4 Å². The van der Waals surface area contributed by atoms with Gasteiger partial charge in [-0.3, -0.25) is 18.9 Å². The van der Waals surface area contributed by atoms with E-state index in [9.17, 15) is 31.8 Å². The van der Waals surface area contributed by atoms with Gasteiger partial charge in [-0.1, -0.05) is 24.3 Å². The van der Waals surface area contributed by atoms with E-state index in [1.54, 1.807) is 30.3 Å². The van der Waals surface area contributed by atoms with Crippen molar-refractivity contribution in [3.63, 3.8) is 0 Å². The molecule has 0 saturated carbocycles. The molecule has 0 radical (unpaired) electrons. The maximum Gasteiger partial charge on any atom is 0.296 e. The van der Waals surface area contributed by atoms with Crippen LogP contribution >= 0.6 is 0 Å². The standard InChI is InChI=1S/C18H15N3O7S2/c22-21(23)16-11-13(29(24)25)9-10-14(16)20-15-7-4-8-17(30(26,27)28)18(15)19-12-5-2-1-3-6-12/h1-11,19-20H,(H,24,25)(H,26,27,28)/p-1. The number of nitro groups is 1. The smallest absolute Gasteiger partial charge is 0.296 e. The first-order valence-corrected chi connectivity index (χ1v) is 10.8. The van der Waals surface area contributed by atoms with Crippen molar-refractivity contribution in [2.24, 2.45) is 0 Å². The Morgan fingerprint density at radius 3 is 2.23 bits per heavy atom. The topological polar surface area (TPSA) is 162 Å². The van der Waals surface area contributed by atoms with E-state index in [1.165, 1.54) is 24.3 Å². The molecule has 0 aliphatic carbocycles. The summed E-state index contributed by atoms with van der Waals surface area (Å²) in [6.07, 6.45) is 0. The number of anilines is 4. The first-order chi connectivity index (χ1) is 14.2. The second-order valence-corrected chi connectivity index (χ2v) is 8.27. The molecule has 1 atom stereocenters. The van der Waals surface area contributed by atoms with E-state index in [1.807, 2.05) is 0 Å². The lowest BCUT2D eigenvalue weighted by atomic mass is 10.2. The van der Waals surface area contributed by atoms with Crippen molar-refractivity contribution in [3.05, 3.63) is 76.8 Å². The average Bonchev–Trinajstić information content (AvgIpc) is 2.69. The Labute approximate surface area is 173 Å². The van der Waals surface area contributed by atoms with Gasteiger partial charge in [-0.15, -0.1) is 0 Å². The largest absolute Gasteiger partial charge is 0.768 e. The first kappa shape index (κ1) is 21.4. The number of nitrogens with one attached hydrogen (secondary N) is 2. The Kier molecular flexibility index (Phi) is 6.12. The van der Waals surface area contributed by atoms with Gasteiger partial charge in [0.1, 0.15) is 10.6 Å². The molecule has 0 bridgehead atoms. The van der Waals surface area contributed by atoms with Crippen molar-refractivity contribution in [2.45, 2.75) is 9.79 Å². The second-order valence-electron chi connectivity index (χ2n) is 5.94. The summed E-state index contributed by atoms with van der Waals surface area (Å²) < 4.78 is 55.5. The molecule has 3 aromatic carbocycles. The Bertz CT molecular complexity index is 1230. The van der Waals surface area contributed by atoms with Crippen LogP contribution in [0.25, 0.3) is 0 Å². The van der Waals surface area contributed by atoms with Crippen LogP contribution in [0.1, 0.15) is 0 Å². The monoisotopic (exact) mass is 448 g/mol. The number of hydrogen-bond acceptors (Lipinski definition) is 8. The highest BCUT2D eigenvalue weighted by molar-refractivity contribution is 7.86. The van der Waals surface area contributed by atoms with Crippen LogP contribution < -0.4 is 10.6 Å². The summed E-state index contributed by atoms with van der Waals surface area (Å²) in [5.41, 5.74) is -0.0364. The van der Waals surface area contributed by atoms with Gasteiger partial charge in [-0.25, -0.2) is 0 Å². The number of rotatable bonds is 7. The molecule has 30 heavy (non-hydrogen) atoms. The zero-order chi connectivity index (χ0) is 21.9. The fraction of sp³-hybridized carbons (Fsp3) is 0. The predicted molar refractivity (Wildman–Crippen MR) is 110 cm³/mol. The van der Waals surface area contributed by atoms with Crippen molar-refractivity contribution < 1.29 is 26.7 Å². The number of nitrogens with zero attached hydrogens (tertiary/aromatic N) is 1. The Balaban J connectivity index is 2.13. The van der Waals surface area contributed by atoms with Crippen LogP contribution in [0.5, 0.6) is 0 Å². The summed E-state index contributed by atoms with van der Waals surface area (Å²) >= 11 is -2.66. The Morgan fingerprint density at radius 1 is 0.933 bits per heavy atom. The lowest BCUT2D eigenvalue weighted by molar-refractivity contribution is -0.384. The zero-order valence-electron chi connectivity index (χ0n) is 15.0. The van der Waals surface area contributed by atoms with Crippen molar-refractivity contribution in [3.8, 4) is 0 Å². The summed E-state index contributed by atoms with van der Waals surface area (Å²) in [5.74, 6) is 0. The van der Waals surface area contributed by atoms with Gasteiger partial charge in [-0.2, -0.15) is 8.42 Å². The maximum atomic E-state index is 11.9. The lowest BCUT2D eigenvalue weighted by Gasteiger charge is -2.17. The molecule has 0 heterocycles. The van der Waals surface area contributed by atoms with Crippen molar-refractivity contribution in [1.29, 1.82) is 0 Å². The molecular formula is C18H14N3O7S2-. The van der Waals surface area contributed by atoms with Crippen molar-refractivity contribution in [1.82, 2.24) is 0 Å². The van der Waals surface area contributed by atoms with E-state index in [2.05, 4.69) is 10.6 Å². The zero-order valence-corrected chi connectivity index (χ0v) is 16.6. The third-order valence-corrected chi connectivity index (χ3v) is 5.51. The molecule has 12 heteroatoms.